The Morgan fingerprint density at radius 2 is 2.12 bits per heavy atom. The summed E-state index contributed by atoms with van der Waals surface area (Å²) < 4.78 is 13.3. The fourth-order valence-electron chi connectivity index (χ4n) is 1.48. The van der Waals surface area contributed by atoms with E-state index in [1.165, 1.54) is 6.07 Å². The van der Waals surface area contributed by atoms with Crippen molar-refractivity contribution in [3.05, 3.63) is 53.6 Å². The van der Waals surface area contributed by atoms with E-state index in [4.69, 9.17) is 5.26 Å². The number of hydrogen-bond donors (Lipinski definition) is 1. The smallest absolute Gasteiger partial charge is 0.128 e. The quantitative estimate of drug-likeness (QED) is 0.857. The molecule has 0 saturated carbocycles. The summed E-state index contributed by atoms with van der Waals surface area (Å²) in [6.07, 6.45) is 3.09. The van der Waals surface area contributed by atoms with Gasteiger partial charge in [-0.15, -0.1) is 0 Å². The Hall–Kier alpha value is -2.41. The van der Waals surface area contributed by atoms with Crippen molar-refractivity contribution in [3.63, 3.8) is 0 Å². The van der Waals surface area contributed by atoms with E-state index in [0.717, 1.165) is 0 Å². The van der Waals surface area contributed by atoms with Crippen molar-refractivity contribution in [1.82, 2.24) is 4.98 Å². The minimum absolute atomic E-state index is 0.280. The molecule has 0 radical (unpaired) electrons. The molecule has 4 heteroatoms. The molecule has 1 N–H and O–H groups in total. The van der Waals surface area contributed by atoms with Crippen molar-refractivity contribution in [2.24, 2.45) is 0 Å². The molecular weight excluding hydrogens is 217 g/mol. The number of hydrogen-bond acceptors (Lipinski definition) is 3. The van der Waals surface area contributed by atoms with Crippen LogP contribution in [0.25, 0.3) is 0 Å². The molecule has 3 nitrogen and oxygen atoms in total. The van der Waals surface area contributed by atoms with Crippen molar-refractivity contribution < 1.29 is 4.39 Å². The minimum Gasteiger partial charge on any atom is -0.353 e. The zero-order chi connectivity index (χ0) is 12.3. The molecule has 84 valence electrons. The van der Waals surface area contributed by atoms with Crippen molar-refractivity contribution in [2.45, 2.75) is 6.92 Å². The van der Waals surface area contributed by atoms with E-state index in [2.05, 4.69) is 16.4 Å². The summed E-state index contributed by atoms with van der Waals surface area (Å²) in [5.41, 5.74) is 2.20. The first kappa shape index (κ1) is 11.1. The molecule has 0 unspecified atom stereocenters. The van der Waals surface area contributed by atoms with Crippen LogP contribution in [0.4, 0.5) is 15.8 Å². The first-order valence-corrected chi connectivity index (χ1v) is 5.08. The lowest BCUT2D eigenvalue weighted by atomic mass is 10.1. The summed E-state index contributed by atoms with van der Waals surface area (Å²) >= 11 is 0. The number of benzene rings is 1. The molecule has 2 aromatic rings. The molecule has 0 aliphatic heterocycles. The summed E-state index contributed by atoms with van der Waals surface area (Å²) in [5.74, 6) is -0.280. The summed E-state index contributed by atoms with van der Waals surface area (Å²) in [6.45, 7) is 1.68. The van der Waals surface area contributed by atoms with E-state index < -0.39 is 0 Å². The second kappa shape index (κ2) is 4.62. The zero-order valence-corrected chi connectivity index (χ0v) is 9.24. The number of pyridine rings is 1. The SMILES string of the molecule is Cc1c(F)cccc1Nc1cnccc1C#N. The lowest BCUT2D eigenvalue weighted by Gasteiger charge is -2.10. The van der Waals surface area contributed by atoms with Gasteiger partial charge >= 0.3 is 0 Å². The average Bonchev–Trinajstić information content (AvgIpc) is 2.35. The lowest BCUT2D eigenvalue weighted by molar-refractivity contribution is 0.619. The third-order valence-corrected chi connectivity index (χ3v) is 2.48. The van der Waals surface area contributed by atoms with Gasteiger partial charge in [-0.1, -0.05) is 6.07 Å². The fourth-order valence-corrected chi connectivity index (χ4v) is 1.48. The predicted octanol–water partition coefficient (Wildman–Crippen LogP) is 3.14. The van der Waals surface area contributed by atoms with Crippen molar-refractivity contribution in [2.75, 3.05) is 5.32 Å². The molecule has 0 spiro atoms. The van der Waals surface area contributed by atoms with Crippen LogP contribution in [0.3, 0.4) is 0 Å². The van der Waals surface area contributed by atoms with Crippen molar-refractivity contribution in [3.8, 4) is 6.07 Å². The van der Waals surface area contributed by atoms with Crippen LogP contribution < -0.4 is 5.32 Å². The predicted molar refractivity (Wildman–Crippen MR) is 63.4 cm³/mol. The number of nitrogens with one attached hydrogen (secondary N) is 1. The number of rotatable bonds is 2. The second-order valence-electron chi connectivity index (χ2n) is 3.57. The van der Waals surface area contributed by atoms with E-state index in [-0.39, 0.29) is 5.82 Å². The fraction of sp³-hybridized carbons (Fsp3) is 0.0769. The Morgan fingerprint density at radius 3 is 2.88 bits per heavy atom. The van der Waals surface area contributed by atoms with Crippen LogP contribution in [0.1, 0.15) is 11.1 Å². The minimum atomic E-state index is -0.280. The maximum Gasteiger partial charge on any atom is 0.128 e. The molecule has 0 aliphatic rings. The number of nitriles is 1. The Balaban J connectivity index is 2.39. The Labute approximate surface area is 98.5 Å². The van der Waals surface area contributed by atoms with Crippen LogP contribution in [-0.2, 0) is 0 Å². The molecule has 0 atom stereocenters. The van der Waals surface area contributed by atoms with Gasteiger partial charge in [-0.25, -0.2) is 4.39 Å². The number of halogens is 1. The molecule has 0 aliphatic carbocycles. The second-order valence-corrected chi connectivity index (χ2v) is 3.57. The van der Waals surface area contributed by atoms with Crippen LogP contribution in [0.2, 0.25) is 0 Å². The highest BCUT2D eigenvalue weighted by atomic mass is 19.1. The van der Waals surface area contributed by atoms with Crippen LogP contribution in [0, 0.1) is 24.1 Å². The first-order chi connectivity index (χ1) is 8.22. The average molecular weight is 227 g/mol. The van der Waals surface area contributed by atoms with Gasteiger partial charge in [0.1, 0.15) is 11.9 Å². The topological polar surface area (TPSA) is 48.7 Å². The Morgan fingerprint density at radius 1 is 1.29 bits per heavy atom. The van der Waals surface area contributed by atoms with E-state index in [1.54, 1.807) is 37.5 Å². The molecule has 1 aromatic heterocycles. The van der Waals surface area contributed by atoms with Crippen molar-refractivity contribution in [1.29, 1.82) is 5.26 Å². The van der Waals surface area contributed by atoms with Gasteiger partial charge in [0.2, 0.25) is 0 Å². The first-order valence-electron chi connectivity index (χ1n) is 5.08. The Bertz CT molecular complexity index is 587. The number of nitrogens with zero attached hydrogens (tertiary/aromatic N) is 2. The molecule has 0 saturated heterocycles. The van der Waals surface area contributed by atoms with E-state index >= 15 is 0 Å². The van der Waals surface area contributed by atoms with Gasteiger partial charge in [-0.2, -0.15) is 5.26 Å². The number of aromatic nitrogens is 1. The molecular formula is C13H10FN3. The molecule has 1 aromatic carbocycles. The highest BCUT2D eigenvalue weighted by Gasteiger charge is 2.06. The summed E-state index contributed by atoms with van der Waals surface area (Å²) in [7, 11) is 0. The van der Waals surface area contributed by atoms with Gasteiger partial charge in [0.05, 0.1) is 17.4 Å². The van der Waals surface area contributed by atoms with Crippen molar-refractivity contribution >= 4 is 11.4 Å². The van der Waals surface area contributed by atoms with Gasteiger partial charge in [0, 0.05) is 17.4 Å². The maximum atomic E-state index is 13.3. The van der Waals surface area contributed by atoms with Gasteiger partial charge in [0.25, 0.3) is 0 Å². The molecule has 1 heterocycles. The van der Waals surface area contributed by atoms with Gasteiger partial charge in [-0.3, -0.25) is 4.98 Å². The summed E-state index contributed by atoms with van der Waals surface area (Å²) in [5, 5.41) is 11.9. The highest BCUT2D eigenvalue weighted by Crippen LogP contribution is 2.23. The van der Waals surface area contributed by atoms with Gasteiger partial charge in [0.15, 0.2) is 0 Å². The van der Waals surface area contributed by atoms with Crippen LogP contribution in [0.5, 0.6) is 0 Å². The third kappa shape index (κ3) is 2.23. The summed E-state index contributed by atoms with van der Waals surface area (Å²) in [4.78, 5) is 3.93. The zero-order valence-electron chi connectivity index (χ0n) is 9.24. The van der Waals surface area contributed by atoms with Gasteiger partial charge in [-0.05, 0) is 25.1 Å². The van der Waals surface area contributed by atoms with Gasteiger partial charge < -0.3 is 5.32 Å². The van der Waals surface area contributed by atoms with E-state index in [9.17, 15) is 4.39 Å². The standard InChI is InChI=1S/C13H10FN3/c1-9-11(14)3-2-4-12(9)17-13-8-16-6-5-10(13)7-15/h2-6,8,17H,1H3. The molecule has 0 amide bonds. The summed E-state index contributed by atoms with van der Waals surface area (Å²) in [6, 6.07) is 8.43. The Kier molecular flexibility index (Phi) is 3.01. The van der Waals surface area contributed by atoms with E-state index in [0.29, 0.717) is 22.5 Å². The van der Waals surface area contributed by atoms with E-state index in [1.807, 2.05) is 0 Å². The molecule has 17 heavy (non-hydrogen) atoms. The lowest BCUT2D eigenvalue weighted by Crippen LogP contribution is -1.97. The largest absolute Gasteiger partial charge is 0.353 e. The normalized spacial score (nSPS) is 9.71. The van der Waals surface area contributed by atoms with Crippen LogP contribution >= 0.6 is 0 Å². The third-order valence-electron chi connectivity index (χ3n) is 2.48. The molecule has 2 rings (SSSR count). The van der Waals surface area contributed by atoms with Crippen LogP contribution in [-0.4, -0.2) is 4.98 Å². The van der Waals surface area contributed by atoms with Crippen LogP contribution in [0.15, 0.2) is 36.7 Å². The molecule has 0 bridgehead atoms. The monoisotopic (exact) mass is 227 g/mol. The number of anilines is 2. The molecule has 0 fully saturated rings. The maximum absolute atomic E-state index is 13.3. The highest BCUT2D eigenvalue weighted by molar-refractivity contribution is 5.67.